The van der Waals surface area contributed by atoms with Gasteiger partial charge < -0.3 is 30.3 Å². The number of rotatable bonds is 9. The van der Waals surface area contributed by atoms with E-state index in [1.54, 1.807) is 42.5 Å². The summed E-state index contributed by atoms with van der Waals surface area (Å²) in [7, 11) is 5.43. The van der Waals surface area contributed by atoms with Crippen LogP contribution in [0.15, 0.2) is 54.7 Å². The Bertz CT molecular complexity index is 1200. The number of pyridine rings is 1. The highest BCUT2D eigenvalue weighted by Gasteiger charge is 2.12. The van der Waals surface area contributed by atoms with Gasteiger partial charge >= 0.3 is 6.03 Å². The van der Waals surface area contributed by atoms with E-state index in [9.17, 15) is 9.59 Å². The molecule has 3 rings (SSSR count). The monoisotopic (exact) mass is 497 g/mol. The van der Waals surface area contributed by atoms with Crippen molar-refractivity contribution in [1.82, 2.24) is 15.2 Å². The van der Waals surface area contributed by atoms with Gasteiger partial charge in [0.05, 0.1) is 5.69 Å². The lowest BCUT2D eigenvalue weighted by atomic mass is 10.2. The smallest absolute Gasteiger partial charge is 0.323 e. The van der Waals surface area contributed by atoms with Crippen LogP contribution in [0.2, 0.25) is 5.02 Å². The zero-order valence-corrected chi connectivity index (χ0v) is 20.8. The Hall–Kier alpha value is -3.82. The average molecular weight is 498 g/mol. The van der Waals surface area contributed by atoms with Gasteiger partial charge in [-0.15, -0.1) is 0 Å². The summed E-state index contributed by atoms with van der Waals surface area (Å²) in [6.45, 7) is 3.01. The van der Waals surface area contributed by atoms with Crippen molar-refractivity contribution in [2.75, 3.05) is 44.9 Å². The third-order valence-electron chi connectivity index (χ3n) is 4.82. The van der Waals surface area contributed by atoms with Crippen molar-refractivity contribution >= 4 is 34.9 Å². The first kappa shape index (κ1) is 25.8. The molecule has 2 aromatic carbocycles. The molecular weight excluding hydrogens is 470 g/mol. The van der Waals surface area contributed by atoms with Crippen molar-refractivity contribution < 1.29 is 19.1 Å². The number of amides is 3. The van der Waals surface area contributed by atoms with E-state index in [-0.39, 0.29) is 11.6 Å². The summed E-state index contributed by atoms with van der Waals surface area (Å²) in [6, 6.07) is 13.1. The van der Waals surface area contributed by atoms with Crippen molar-refractivity contribution in [3.05, 3.63) is 71.0 Å². The molecule has 0 radical (unpaired) electrons. The Morgan fingerprint density at radius 2 is 1.83 bits per heavy atom. The number of benzene rings is 2. The lowest BCUT2D eigenvalue weighted by Crippen LogP contribution is -2.22. The van der Waals surface area contributed by atoms with E-state index in [2.05, 4.69) is 20.9 Å². The van der Waals surface area contributed by atoms with E-state index in [1.165, 1.54) is 19.3 Å². The van der Waals surface area contributed by atoms with Gasteiger partial charge in [-0.1, -0.05) is 17.7 Å². The van der Waals surface area contributed by atoms with Crippen LogP contribution in [-0.2, 0) is 0 Å². The van der Waals surface area contributed by atoms with Crippen molar-refractivity contribution in [3.8, 4) is 17.2 Å². The summed E-state index contributed by atoms with van der Waals surface area (Å²) >= 11 is 6.25. The Balaban J connectivity index is 1.69. The lowest BCUT2D eigenvalue weighted by molar-refractivity contribution is 0.0958. The van der Waals surface area contributed by atoms with E-state index in [0.29, 0.717) is 46.8 Å². The SMILES string of the molecule is CNC(=O)c1cc(Oc2cccc(NC(=O)Nc3cc(C)c(Cl)cc3OCCN(C)C)c2)ccn1. The van der Waals surface area contributed by atoms with Gasteiger partial charge in [-0.05, 0) is 50.8 Å². The average Bonchev–Trinajstić information content (AvgIpc) is 2.81. The highest BCUT2D eigenvalue weighted by molar-refractivity contribution is 6.31. The topological polar surface area (TPSA) is 105 Å². The zero-order valence-electron chi connectivity index (χ0n) is 20.0. The fourth-order valence-corrected chi connectivity index (χ4v) is 3.16. The van der Waals surface area contributed by atoms with E-state index < -0.39 is 6.03 Å². The van der Waals surface area contributed by atoms with Crippen molar-refractivity contribution in [2.45, 2.75) is 6.92 Å². The summed E-state index contributed by atoms with van der Waals surface area (Å²) < 4.78 is 11.7. The van der Waals surface area contributed by atoms with Crippen LogP contribution in [0.5, 0.6) is 17.2 Å². The second kappa shape index (κ2) is 12.0. The van der Waals surface area contributed by atoms with E-state index >= 15 is 0 Å². The number of aryl methyl sites for hydroxylation is 1. The molecule has 3 amide bonds. The summed E-state index contributed by atoms with van der Waals surface area (Å²) in [5.74, 6) is 1.09. The number of urea groups is 1. The van der Waals surface area contributed by atoms with Crippen LogP contribution in [0.1, 0.15) is 16.1 Å². The Kier molecular flexibility index (Phi) is 8.88. The minimum absolute atomic E-state index is 0.237. The first-order valence-corrected chi connectivity index (χ1v) is 11.2. The summed E-state index contributed by atoms with van der Waals surface area (Å²) in [4.78, 5) is 30.5. The molecule has 0 unspecified atom stereocenters. The third-order valence-corrected chi connectivity index (χ3v) is 5.23. The maximum absolute atomic E-state index is 12.7. The highest BCUT2D eigenvalue weighted by atomic mass is 35.5. The molecule has 0 fully saturated rings. The summed E-state index contributed by atoms with van der Waals surface area (Å²) in [5, 5.41) is 8.68. The maximum Gasteiger partial charge on any atom is 0.323 e. The van der Waals surface area contributed by atoms with Crippen LogP contribution in [0.25, 0.3) is 0 Å². The third kappa shape index (κ3) is 7.59. The number of nitrogens with one attached hydrogen (secondary N) is 3. The van der Waals surface area contributed by atoms with Crippen LogP contribution >= 0.6 is 11.6 Å². The molecule has 0 aliphatic carbocycles. The van der Waals surface area contributed by atoms with Crippen LogP contribution < -0.4 is 25.4 Å². The van der Waals surface area contributed by atoms with Gasteiger partial charge in [-0.25, -0.2) is 4.79 Å². The summed E-state index contributed by atoms with van der Waals surface area (Å²) in [5.41, 5.74) is 2.07. The minimum Gasteiger partial charge on any atom is -0.490 e. The van der Waals surface area contributed by atoms with Gasteiger partial charge in [-0.3, -0.25) is 9.78 Å². The predicted octanol–water partition coefficient (Wildman–Crippen LogP) is 4.78. The number of aromatic nitrogens is 1. The predicted molar refractivity (Wildman–Crippen MR) is 137 cm³/mol. The fraction of sp³-hybridized carbons (Fsp3) is 0.240. The molecule has 0 bridgehead atoms. The first-order valence-electron chi connectivity index (χ1n) is 10.9. The van der Waals surface area contributed by atoms with Gasteiger partial charge in [0.2, 0.25) is 0 Å². The molecule has 1 aromatic heterocycles. The molecule has 0 saturated heterocycles. The number of ether oxygens (including phenoxy) is 2. The second-order valence-corrected chi connectivity index (χ2v) is 8.32. The second-order valence-electron chi connectivity index (χ2n) is 7.91. The largest absolute Gasteiger partial charge is 0.490 e. The maximum atomic E-state index is 12.7. The summed E-state index contributed by atoms with van der Waals surface area (Å²) in [6.07, 6.45) is 1.49. The fourth-order valence-electron chi connectivity index (χ4n) is 3.00. The molecule has 184 valence electrons. The molecule has 3 N–H and O–H groups in total. The highest BCUT2D eigenvalue weighted by Crippen LogP contribution is 2.31. The number of halogens is 1. The van der Waals surface area contributed by atoms with Gasteiger partial charge in [0.1, 0.15) is 29.5 Å². The normalized spacial score (nSPS) is 10.6. The molecule has 10 heteroatoms. The van der Waals surface area contributed by atoms with Crippen molar-refractivity contribution in [3.63, 3.8) is 0 Å². The minimum atomic E-state index is -0.452. The van der Waals surface area contributed by atoms with Crippen molar-refractivity contribution in [1.29, 1.82) is 0 Å². The number of nitrogens with zero attached hydrogens (tertiary/aromatic N) is 2. The van der Waals surface area contributed by atoms with Gasteiger partial charge in [0.15, 0.2) is 0 Å². The molecule has 0 aliphatic rings. The van der Waals surface area contributed by atoms with Gasteiger partial charge in [-0.2, -0.15) is 0 Å². The van der Waals surface area contributed by atoms with Crippen LogP contribution in [-0.4, -0.2) is 56.1 Å². The molecule has 0 spiro atoms. The Labute approximate surface area is 209 Å². The van der Waals surface area contributed by atoms with Crippen LogP contribution in [0.3, 0.4) is 0 Å². The lowest BCUT2D eigenvalue weighted by Gasteiger charge is -2.16. The number of anilines is 2. The van der Waals surface area contributed by atoms with E-state index in [1.807, 2.05) is 25.9 Å². The number of carbonyl (C=O) groups excluding carboxylic acids is 2. The first-order chi connectivity index (χ1) is 16.7. The van der Waals surface area contributed by atoms with E-state index in [0.717, 1.165) is 5.56 Å². The van der Waals surface area contributed by atoms with Crippen molar-refractivity contribution in [2.24, 2.45) is 0 Å². The Morgan fingerprint density at radius 1 is 1.06 bits per heavy atom. The standard InChI is InChI=1S/C25H28ClN5O4/c1-16-12-21(23(15-20(16)26)34-11-10-31(3)4)30-25(33)29-17-6-5-7-18(13-17)35-19-8-9-28-22(14-19)24(32)27-2/h5-9,12-15H,10-11H2,1-4H3,(H,27,32)(H2,29,30,33). The number of hydrogen-bond donors (Lipinski definition) is 3. The molecule has 9 nitrogen and oxygen atoms in total. The molecule has 0 atom stereocenters. The zero-order chi connectivity index (χ0) is 25.4. The van der Waals surface area contributed by atoms with E-state index in [4.69, 9.17) is 21.1 Å². The number of likely N-dealkylation sites (N-methyl/N-ethyl adjacent to an activating group) is 1. The quantitative estimate of drug-likeness (QED) is 0.393. The molecule has 1 heterocycles. The number of hydrogen-bond acceptors (Lipinski definition) is 6. The molecule has 3 aromatic rings. The van der Waals surface area contributed by atoms with Crippen LogP contribution in [0, 0.1) is 6.92 Å². The molecule has 0 aliphatic heterocycles. The Morgan fingerprint density at radius 3 is 2.57 bits per heavy atom. The molecule has 0 saturated carbocycles. The number of carbonyl (C=O) groups is 2. The van der Waals surface area contributed by atoms with Crippen LogP contribution in [0.4, 0.5) is 16.2 Å². The van der Waals surface area contributed by atoms with Gasteiger partial charge in [0.25, 0.3) is 5.91 Å². The van der Waals surface area contributed by atoms with Gasteiger partial charge in [0, 0.05) is 48.7 Å². The molecular formula is C25H28ClN5O4. The molecule has 35 heavy (non-hydrogen) atoms.